The maximum Gasteiger partial charge on any atom is 0.237 e. The lowest BCUT2D eigenvalue weighted by atomic mass is 9.99. The van der Waals surface area contributed by atoms with E-state index in [0.29, 0.717) is 23.2 Å². The Hall–Kier alpha value is -1.97. The molecule has 0 fully saturated rings. The highest BCUT2D eigenvalue weighted by Crippen LogP contribution is 2.19. The Kier molecular flexibility index (Phi) is 4.66. The van der Waals surface area contributed by atoms with Gasteiger partial charge in [-0.2, -0.15) is 4.98 Å². The molecule has 0 radical (unpaired) electrons. The van der Waals surface area contributed by atoms with Crippen molar-refractivity contribution < 1.29 is 9.32 Å². The van der Waals surface area contributed by atoms with Gasteiger partial charge in [0, 0.05) is 12.0 Å². The van der Waals surface area contributed by atoms with E-state index in [-0.39, 0.29) is 5.78 Å². The molecule has 0 saturated carbocycles. The lowest BCUT2D eigenvalue weighted by molar-refractivity contribution is 0.0951. The Bertz CT molecular complexity index is 561. The molecule has 2 rings (SSSR count). The molecule has 1 unspecified atom stereocenters. The van der Waals surface area contributed by atoms with Crippen molar-refractivity contribution in [1.29, 1.82) is 0 Å². The van der Waals surface area contributed by atoms with Gasteiger partial charge in [-0.1, -0.05) is 49.3 Å². The van der Waals surface area contributed by atoms with E-state index in [4.69, 9.17) is 4.52 Å². The van der Waals surface area contributed by atoms with Crippen LogP contribution in [0.2, 0.25) is 0 Å². The van der Waals surface area contributed by atoms with Gasteiger partial charge in [-0.25, -0.2) is 0 Å². The summed E-state index contributed by atoms with van der Waals surface area (Å²) < 4.78 is 5.22. The predicted molar refractivity (Wildman–Crippen MR) is 76.6 cm³/mol. The summed E-state index contributed by atoms with van der Waals surface area (Å²) in [6.45, 7) is 6.11. The van der Waals surface area contributed by atoms with Gasteiger partial charge in [0.15, 0.2) is 11.6 Å². The smallest absolute Gasteiger partial charge is 0.237 e. The van der Waals surface area contributed by atoms with Crippen molar-refractivity contribution in [1.82, 2.24) is 10.1 Å². The highest BCUT2D eigenvalue weighted by molar-refractivity contribution is 6.00. The van der Waals surface area contributed by atoms with E-state index < -0.39 is 5.92 Å². The van der Waals surface area contributed by atoms with Crippen LogP contribution in [0, 0.1) is 5.92 Å². The van der Waals surface area contributed by atoms with E-state index in [1.54, 1.807) is 19.1 Å². The number of benzene rings is 1. The second kappa shape index (κ2) is 6.46. The number of aryl methyl sites for hydroxylation is 1. The average Bonchev–Trinajstić information content (AvgIpc) is 2.93. The van der Waals surface area contributed by atoms with Crippen LogP contribution in [0.3, 0.4) is 0 Å². The van der Waals surface area contributed by atoms with Crippen LogP contribution < -0.4 is 0 Å². The molecule has 20 heavy (non-hydrogen) atoms. The van der Waals surface area contributed by atoms with Crippen LogP contribution in [0.4, 0.5) is 0 Å². The summed E-state index contributed by atoms with van der Waals surface area (Å²) in [6.07, 6.45) is 1.80. The number of carbonyl (C=O) groups is 1. The Labute approximate surface area is 119 Å². The molecule has 2 aromatic rings. The topological polar surface area (TPSA) is 56.0 Å². The molecule has 0 N–H and O–H groups in total. The average molecular weight is 272 g/mol. The van der Waals surface area contributed by atoms with Crippen molar-refractivity contribution in [2.45, 2.75) is 39.5 Å². The minimum atomic E-state index is -0.405. The Morgan fingerprint density at radius 3 is 2.55 bits per heavy atom. The third-order valence-electron chi connectivity index (χ3n) is 3.25. The van der Waals surface area contributed by atoms with Crippen LogP contribution in [0.15, 0.2) is 34.9 Å². The van der Waals surface area contributed by atoms with Crippen molar-refractivity contribution in [3.63, 3.8) is 0 Å². The van der Waals surface area contributed by atoms with Gasteiger partial charge in [0.2, 0.25) is 5.89 Å². The Morgan fingerprint density at radius 2 is 1.90 bits per heavy atom. The van der Waals surface area contributed by atoms with Gasteiger partial charge >= 0.3 is 0 Å². The number of aromatic nitrogens is 2. The van der Waals surface area contributed by atoms with Crippen LogP contribution in [0.5, 0.6) is 0 Å². The first kappa shape index (κ1) is 14.4. The van der Waals surface area contributed by atoms with Crippen LogP contribution >= 0.6 is 0 Å². The summed E-state index contributed by atoms with van der Waals surface area (Å²) in [6, 6.07) is 9.19. The molecule has 0 amide bonds. The minimum Gasteiger partial charge on any atom is -0.339 e. The normalized spacial score (nSPS) is 12.6. The third-order valence-corrected chi connectivity index (χ3v) is 3.25. The molecule has 0 aliphatic rings. The zero-order valence-corrected chi connectivity index (χ0v) is 12.2. The molecule has 0 bridgehead atoms. The Morgan fingerprint density at radius 1 is 1.20 bits per heavy atom. The van der Waals surface area contributed by atoms with Crippen molar-refractivity contribution in [2.24, 2.45) is 5.92 Å². The minimum absolute atomic E-state index is 0.00431. The van der Waals surface area contributed by atoms with Gasteiger partial charge in [0.1, 0.15) is 0 Å². The number of nitrogens with zero attached hydrogens (tertiary/aromatic N) is 2. The third kappa shape index (κ3) is 3.53. The van der Waals surface area contributed by atoms with E-state index in [0.717, 1.165) is 12.8 Å². The summed E-state index contributed by atoms with van der Waals surface area (Å²) in [7, 11) is 0. The highest BCUT2D eigenvalue weighted by atomic mass is 16.5. The van der Waals surface area contributed by atoms with E-state index >= 15 is 0 Å². The number of ketones is 1. The summed E-state index contributed by atoms with van der Waals surface area (Å²) >= 11 is 0. The second-order valence-corrected chi connectivity index (χ2v) is 5.43. The SMILES string of the molecule is CC(C)CCc1noc(C(C)C(=O)c2ccccc2)n1. The van der Waals surface area contributed by atoms with Crippen LogP contribution in [-0.4, -0.2) is 15.9 Å². The van der Waals surface area contributed by atoms with Crippen molar-refractivity contribution in [2.75, 3.05) is 0 Å². The molecule has 1 atom stereocenters. The highest BCUT2D eigenvalue weighted by Gasteiger charge is 2.22. The van der Waals surface area contributed by atoms with Gasteiger partial charge in [0.25, 0.3) is 0 Å². The quantitative estimate of drug-likeness (QED) is 0.753. The predicted octanol–water partition coefficient (Wildman–Crippen LogP) is 3.64. The number of Topliss-reactive ketones (excluding diaryl/α,β-unsaturated/α-hetero) is 1. The lowest BCUT2D eigenvalue weighted by Crippen LogP contribution is -2.10. The van der Waals surface area contributed by atoms with Crippen molar-refractivity contribution in [3.8, 4) is 0 Å². The lowest BCUT2D eigenvalue weighted by Gasteiger charge is -2.05. The Balaban J connectivity index is 2.06. The van der Waals surface area contributed by atoms with Gasteiger partial charge in [-0.15, -0.1) is 0 Å². The first-order chi connectivity index (χ1) is 9.58. The maximum atomic E-state index is 12.3. The van der Waals surface area contributed by atoms with E-state index in [2.05, 4.69) is 24.0 Å². The van der Waals surface area contributed by atoms with E-state index in [1.165, 1.54) is 0 Å². The maximum absolute atomic E-state index is 12.3. The van der Waals surface area contributed by atoms with Crippen molar-refractivity contribution in [3.05, 3.63) is 47.6 Å². The van der Waals surface area contributed by atoms with Gasteiger partial charge in [0.05, 0.1) is 5.92 Å². The standard InChI is InChI=1S/C16H20N2O2/c1-11(2)9-10-14-17-16(20-18-14)12(3)15(19)13-7-5-4-6-8-13/h4-8,11-12H,9-10H2,1-3H3. The first-order valence-corrected chi connectivity index (χ1v) is 6.99. The van der Waals surface area contributed by atoms with E-state index in [9.17, 15) is 4.79 Å². The van der Waals surface area contributed by atoms with Crippen LogP contribution in [-0.2, 0) is 6.42 Å². The number of hydrogen-bond donors (Lipinski definition) is 0. The van der Waals surface area contributed by atoms with Gasteiger partial charge < -0.3 is 4.52 Å². The second-order valence-electron chi connectivity index (χ2n) is 5.43. The van der Waals surface area contributed by atoms with Gasteiger partial charge in [-0.3, -0.25) is 4.79 Å². The number of carbonyl (C=O) groups excluding carboxylic acids is 1. The zero-order chi connectivity index (χ0) is 14.5. The summed E-state index contributed by atoms with van der Waals surface area (Å²) in [5, 5.41) is 3.95. The molecular formula is C16H20N2O2. The molecule has 0 aliphatic carbocycles. The van der Waals surface area contributed by atoms with Crippen LogP contribution in [0.1, 0.15) is 55.2 Å². The molecule has 1 aromatic carbocycles. The number of rotatable bonds is 6. The zero-order valence-electron chi connectivity index (χ0n) is 12.2. The first-order valence-electron chi connectivity index (χ1n) is 6.99. The molecule has 1 aromatic heterocycles. The molecule has 4 heteroatoms. The molecule has 0 spiro atoms. The summed E-state index contributed by atoms with van der Waals surface area (Å²) in [4.78, 5) is 16.6. The summed E-state index contributed by atoms with van der Waals surface area (Å²) in [5.74, 6) is 1.28. The fourth-order valence-electron chi connectivity index (χ4n) is 1.93. The van der Waals surface area contributed by atoms with Crippen LogP contribution in [0.25, 0.3) is 0 Å². The fraction of sp³-hybridized carbons (Fsp3) is 0.438. The van der Waals surface area contributed by atoms with Gasteiger partial charge in [-0.05, 0) is 19.3 Å². The largest absolute Gasteiger partial charge is 0.339 e. The molecule has 4 nitrogen and oxygen atoms in total. The molecule has 0 aliphatic heterocycles. The van der Waals surface area contributed by atoms with E-state index in [1.807, 2.05) is 18.2 Å². The number of hydrogen-bond acceptors (Lipinski definition) is 4. The molecule has 1 heterocycles. The molecule has 106 valence electrons. The fourth-order valence-corrected chi connectivity index (χ4v) is 1.93. The molecule has 0 saturated heterocycles. The monoisotopic (exact) mass is 272 g/mol. The summed E-state index contributed by atoms with van der Waals surface area (Å²) in [5.41, 5.74) is 0.668. The molecular weight excluding hydrogens is 252 g/mol. The van der Waals surface area contributed by atoms with Crippen molar-refractivity contribution >= 4 is 5.78 Å².